The molecule has 0 saturated carbocycles. The Kier molecular flexibility index (Phi) is 5.62. The lowest BCUT2D eigenvalue weighted by molar-refractivity contribution is -0.143. The molecule has 3 aromatic rings. The predicted molar refractivity (Wildman–Crippen MR) is 108 cm³/mol. The van der Waals surface area contributed by atoms with Gasteiger partial charge in [0.15, 0.2) is 0 Å². The minimum Gasteiger partial charge on any atom is -0.507 e. The van der Waals surface area contributed by atoms with E-state index in [0.717, 1.165) is 0 Å². The highest BCUT2D eigenvalue weighted by Crippen LogP contribution is 2.40. The van der Waals surface area contributed by atoms with E-state index in [0.29, 0.717) is 34.5 Å². The van der Waals surface area contributed by atoms with Crippen LogP contribution in [-0.2, 0) is 12.4 Å². The second kappa shape index (κ2) is 7.90. The lowest BCUT2D eigenvalue weighted by Gasteiger charge is -2.17. The number of aromatic hydroxyl groups is 1. The van der Waals surface area contributed by atoms with E-state index in [1.807, 2.05) is 0 Å². The molecule has 162 valence electrons. The molecule has 3 rings (SSSR count). The fourth-order valence-corrected chi connectivity index (χ4v) is 2.96. The average Bonchev–Trinajstić information content (AvgIpc) is 2.67. The molecule has 0 aliphatic rings. The molecule has 0 bridgehead atoms. The zero-order valence-electron chi connectivity index (χ0n) is 15.8. The van der Waals surface area contributed by atoms with Gasteiger partial charge in [0.25, 0.3) is 0 Å². The smallest absolute Gasteiger partial charge is 0.416 e. The number of halogens is 6. The molecule has 0 aliphatic carbocycles. The number of phenolic OH excluding ortho intramolecular Hbond substituents is 1. The van der Waals surface area contributed by atoms with Gasteiger partial charge in [-0.1, -0.05) is 24.8 Å². The van der Waals surface area contributed by atoms with E-state index < -0.39 is 29.2 Å². The van der Waals surface area contributed by atoms with Crippen LogP contribution in [0.4, 0.5) is 43.4 Å². The van der Waals surface area contributed by atoms with Crippen LogP contribution < -0.4 is 11.1 Å². The average molecular weight is 438 g/mol. The number of rotatable bonds is 4. The molecule has 4 N–H and O–H groups in total. The van der Waals surface area contributed by atoms with Gasteiger partial charge in [-0.25, -0.2) is 0 Å². The van der Waals surface area contributed by atoms with E-state index >= 15 is 0 Å². The number of alkyl halides is 6. The Hall–Kier alpha value is -3.62. The van der Waals surface area contributed by atoms with Crippen molar-refractivity contribution in [1.82, 2.24) is 0 Å². The fraction of sp³-hybridized carbons (Fsp3) is 0.0909. The maximum atomic E-state index is 13.1. The van der Waals surface area contributed by atoms with E-state index in [2.05, 4.69) is 11.9 Å². The van der Waals surface area contributed by atoms with Gasteiger partial charge in [0.05, 0.1) is 11.1 Å². The minimum absolute atomic E-state index is 0.0429. The molecule has 0 unspecified atom stereocenters. The monoisotopic (exact) mass is 438 g/mol. The third-order valence-corrected chi connectivity index (χ3v) is 4.48. The molecule has 0 fully saturated rings. The van der Waals surface area contributed by atoms with Gasteiger partial charge >= 0.3 is 12.4 Å². The van der Waals surface area contributed by atoms with Crippen molar-refractivity contribution in [2.24, 2.45) is 0 Å². The first-order chi connectivity index (χ1) is 14.4. The van der Waals surface area contributed by atoms with Crippen molar-refractivity contribution >= 4 is 23.1 Å². The third-order valence-electron chi connectivity index (χ3n) is 4.48. The Balaban J connectivity index is 2.07. The highest BCUT2D eigenvalue weighted by atomic mass is 19.4. The van der Waals surface area contributed by atoms with Crippen LogP contribution in [0.5, 0.6) is 5.75 Å². The summed E-state index contributed by atoms with van der Waals surface area (Å²) in [4.78, 5) is 0. The maximum absolute atomic E-state index is 13.1. The van der Waals surface area contributed by atoms with Crippen molar-refractivity contribution in [2.45, 2.75) is 12.4 Å². The summed E-state index contributed by atoms with van der Waals surface area (Å²) in [6.45, 7) is 3.62. The van der Waals surface area contributed by atoms with E-state index in [9.17, 15) is 31.4 Å². The molecule has 0 radical (unpaired) electrons. The van der Waals surface area contributed by atoms with Gasteiger partial charge in [0, 0.05) is 28.7 Å². The normalized spacial score (nSPS) is 11.9. The number of anilines is 3. The summed E-state index contributed by atoms with van der Waals surface area (Å²) < 4.78 is 78.6. The lowest BCUT2D eigenvalue weighted by Crippen LogP contribution is -2.11. The Bertz CT molecular complexity index is 1090. The van der Waals surface area contributed by atoms with Gasteiger partial charge < -0.3 is 16.2 Å². The van der Waals surface area contributed by atoms with Crippen LogP contribution in [0.2, 0.25) is 0 Å². The number of hydrogen-bond donors (Lipinski definition) is 3. The first kappa shape index (κ1) is 22.1. The van der Waals surface area contributed by atoms with Crippen molar-refractivity contribution in [3.8, 4) is 16.9 Å². The van der Waals surface area contributed by atoms with Crippen LogP contribution in [0.3, 0.4) is 0 Å². The van der Waals surface area contributed by atoms with E-state index in [1.165, 1.54) is 18.2 Å². The second-order valence-corrected chi connectivity index (χ2v) is 6.70. The Morgan fingerprint density at radius 1 is 0.839 bits per heavy atom. The van der Waals surface area contributed by atoms with Crippen molar-refractivity contribution in [2.75, 3.05) is 11.1 Å². The number of nitrogen functional groups attached to an aromatic ring is 1. The van der Waals surface area contributed by atoms with Gasteiger partial charge in [0.1, 0.15) is 5.75 Å². The standard InChI is InChI=1S/C22H16F6N2O/c1-2-12-7-18(13-3-5-16(29)6-4-13)20(31)11-19(12)30-17-9-14(21(23,24)25)8-15(10-17)22(26,27)28/h2-11,30-31H,1,29H2. The molecular weight excluding hydrogens is 422 g/mol. The highest BCUT2D eigenvalue weighted by molar-refractivity contribution is 5.82. The van der Waals surface area contributed by atoms with Gasteiger partial charge in [0.2, 0.25) is 0 Å². The summed E-state index contributed by atoms with van der Waals surface area (Å²) in [5.74, 6) is -0.235. The third kappa shape index (κ3) is 4.93. The zero-order chi connectivity index (χ0) is 23.0. The van der Waals surface area contributed by atoms with Crippen molar-refractivity contribution in [1.29, 1.82) is 0 Å². The molecule has 0 amide bonds. The lowest BCUT2D eigenvalue weighted by atomic mass is 9.99. The number of nitrogens with one attached hydrogen (secondary N) is 1. The summed E-state index contributed by atoms with van der Waals surface area (Å²) in [5, 5.41) is 12.9. The topological polar surface area (TPSA) is 58.3 Å². The van der Waals surface area contributed by atoms with Gasteiger partial charge in [-0.15, -0.1) is 0 Å². The molecule has 0 spiro atoms. The minimum atomic E-state index is -4.97. The number of benzene rings is 3. The van der Waals surface area contributed by atoms with Crippen molar-refractivity contribution in [3.63, 3.8) is 0 Å². The quantitative estimate of drug-likeness (QED) is 0.302. The van der Waals surface area contributed by atoms with Crippen LogP contribution in [-0.4, -0.2) is 5.11 Å². The molecule has 0 aromatic heterocycles. The molecule has 31 heavy (non-hydrogen) atoms. The number of nitrogens with two attached hydrogens (primary N) is 1. The molecule has 0 atom stereocenters. The molecule has 3 aromatic carbocycles. The summed E-state index contributed by atoms with van der Waals surface area (Å²) in [6, 6.07) is 10.4. The van der Waals surface area contributed by atoms with Gasteiger partial charge in [-0.3, -0.25) is 0 Å². The molecular formula is C22H16F6N2O. The summed E-state index contributed by atoms with van der Waals surface area (Å²) in [5.41, 5.74) is 4.25. The predicted octanol–water partition coefficient (Wildman–Crippen LogP) is 7.07. The van der Waals surface area contributed by atoms with Crippen LogP contribution in [0.25, 0.3) is 17.2 Å². The summed E-state index contributed by atoms with van der Waals surface area (Å²) >= 11 is 0. The van der Waals surface area contributed by atoms with E-state index in [1.54, 1.807) is 24.3 Å². The highest BCUT2D eigenvalue weighted by Gasteiger charge is 2.37. The summed E-state index contributed by atoms with van der Waals surface area (Å²) in [7, 11) is 0. The number of hydrogen-bond acceptors (Lipinski definition) is 3. The Morgan fingerprint density at radius 3 is 1.87 bits per heavy atom. The van der Waals surface area contributed by atoms with E-state index in [-0.39, 0.29) is 17.5 Å². The van der Waals surface area contributed by atoms with Crippen molar-refractivity contribution < 1.29 is 31.4 Å². The first-order valence-electron chi connectivity index (χ1n) is 8.80. The molecule has 0 heterocycles. The molecule has 9 heteroatoms. The summed E-state index contributed by atoms with van der Waals surface area (Å²) in [6.07, 6.45) is -8.58. The molecule has 3 nitrogen and oxygen atoms in total. The second-order valence-electron chi connectivity index (χ2n) is 6.70. The van der Waals surface area contributed by atoms with Gasteiger partial charge in [-0.2, -0.15) is 26.3 Å². The first-order valence-corrected chi connectivity index (χ1v) is 8.80. The van der Waals surface area contributed by atoms with Crippen LogP contribution >= 0.6 is 0 Å². The van der Waals surface area contributed by atoms with Gasteiger partial charge in [-0.05, 0) is 47.5 Å². The maximum Gasteiger partial charge on any atom is 0.416 e. The Labute approximate surface area is 173 Å². The van der Waals surface area contributed by atoms with E-state index in [4.69, 9.17) is 5.73 Å². The number of phenols is 1. The van der Waals surface area contributed by atoms with Crippen molar-refractivity contribution in [3.05, 3.63) is 77.9 Å². The fourth-order valence-electron chi connectivity index (χ4n) is 2.96. The van der Waals surface area contributed by atoms with Crippen LogP contribution in [0, 0.1) is 0 Å². The molecule has 0 aliphatic heterocycles. The Morgan fingerprint density at radius 2 is 1.39 bits per heavy atom. The SMILES string of the molecule is C=Cc1cc(-c2ccc(N)cc2)c(O)cc1Nc1cc(C(F)(F)F)cc(C(F)(F)F)c1. The molecule has 0 saturated heterocycles. The zero-order valence-corrected chi connectivity index (χ0v) is 15.8. The van der Waals surface area contributed by atoms with Crippen LogP contribution in [0.1, 0.15) is 16.7 Å². The largest absolute Gasteiger partial charge is 0.507 e. The van der Waals surface area contributed by atoms with Crippen LogP contribution in [0.15, 0.2) is 61.2 Å².